The SMILES string of the molecule is CCCCCCCCCCC1COC(CCc2ccc(-c3ccc(CCCCCCCCC)cc3)nc2)OC1. The lowest BCUT2D eigenvalue weighted by Crippen LogP contribution is -2.32. The molecule has 1 saturated heterocycles. The van der Waals surface area contributed by atoms with E-state index in [1.807, 2.05) is 6.20 Å². The summed E-state index contributed by atoms with van der Waals surface area (Å²) in [7, 11) is 0. The minimum Gasteiger partial charge on any atom is -0.352 e. The zero-order valence-corrected chi connectivity index (χ0v) is 25.3. The normalized spacial score (nSPS) is 17.5. The summed E-state index contributed by atoms with van der Waals surface area (Å²) in [4.78, 5) is 4.75. The molecule has 3 nitrogen and oxygen atoms in total. The molecule has 0 saturated carbocycles. The van der Waals surface area contributed by atoms with Crippen LogP contribution in [-0.4, -0.2) is 24.5 Å². The molecule has 2 heterocycles. The summed E-state index contributed by atoms with van der Waals surface area (Å²) in [6.45, 7) is 6.27. The van der Waals surface area contributed by atoms with Gasteiger partial charge in [-0.05, 0) is 42.9 Å². The Morgan fingerprint density at radius 1 is 0.590 bits per heavy atom. The van der Waals surface area contributed by atoms with Gasteiger partial charge in [0.1, 0.15) is 0 Å². The van der Waals surface area contributed by atoms with Crippen molar-refractivity contribution in [1.82, 2.24) is 4.98 Å². The molecule has 1 aromatic heterocycles. The standard InChI is InChI=1S/C36H57NO2/c1-3-5-7-9-11-13-15-17-19-33-29-38-36(39-30-33)27-23-32-22-26-35(37-28-32)34-24-20-31(21-25-34)18-16-14-12-10-8-6-4-2/h20-22,24-26,28,33,36H,3-19,23,27,29-30H2,1-2H3. The van der Waals surface area contributed by atoms with E-state index in [2.05, 4.69) is 50.2 Å². The minimum atomic E-state index is -0.0663. The first kappa shape index (κ1) is 31.8. The van der Waals surface area contributed by atoms with E-state index in [0.29, 0.717) is 5.92 Å². The van der Waals surface area contributed by atoms with E-state index in [9.17, 15) is 0 Å². The highest BCUT2D eigenvalue weighted by Gasteiger charge is 2.21. The Morgan fingerprint density at radius 2 is 1.15 bits per heavy atom. The van der Waals surface area contributed by atoms with Crippen molar-refractivity contribution in [2.45, 2.75) is 142 Å². The number of hydrogen-bond donors (Lipinski definition) is 0. The van der Waals surface area contributed by atoms with Crippen molar-refractivity contribution in [3.8, 4) is 11.3 Å². The second kappa shape index (κ2) is 20.2. The zero-order valence-electron chi connectivity index (χ0n) is 25.3. The van der Waals surface area contributed by atoms with E-state index >= 15 is 0 Å². The van der Waals surface area contributed by atoms with Crippen molar-refractivity contribution in [2.24, 2.45) is 5.92 Å². The van der Waals surface area contributed by atoms with E-state index in [0.717, 1.165) is 31.7 Å². The topological polar surface area (TPSA) is 31.4 Å². The van der Waals surface area contributed by atoms with Crippen LogP contribution in [0.4, 0.5) is 0 Å². The molecule has 0 spiro atoms. The predicted molar refractivity (Wildman–Crippen MR) is 166 cm³/mol. The second-order valence-corrected chi connectivity index (χ2v) is 11.9. The third-order valence-electron chi connectivity index (χ3n) is 8.31. The van der Waals surface area contributed by atoms with Gasteiger partial charge in [-0.15, -0.1) is 0 Å². The van der Waals surface area contributed by atoms with E-state index in [1.165, 1.54) is 126 Å². The summed E-state index contributed by atoms with van der Waals surface area (Å²) in [5.74, 6) is 0.573. The minimum absolute atomic E-state index is 0.0663. The average molecular weight is 536 g/mol. The molecule has 1 fully saturated rings. The van der Waals surface area contributed by atoms with Gasteiger partial charge in [0, 0.05) is 24.1 Å². The number of nitrogens with zero attached hydrogens (tertiary/aromatic N) is 1. The zero-order chi connectivity index (χ0) is 27.4. The summed E-state index contributed by atoms with van der Waals surface area (Å²) in [6, 6.07) is 13.4. The van der Waals surface area contributed by atoms with Crippen molar-refractivity contribution < 1.29 is 9.47 Å². The molecule has 1 aromatic carbocycles. The predicted octanol–water partition coefficient (Wildman–Crippen LogP) is 10.5. The lowest BCUT2D eigenvalue weighted by atomic mass is 10.0. The van der Waals surface area contributed by atoms with Gasteiger partial charge in [-0.1, -0.05) is 134 Å². The van der Waals surface area contributed by atoms with Crippen LogP contribution < -0.4 is 0 Å². The van der Waals surface area contributed by atoms with Gasteiger partial charge in [-0.2, -0.15) is 0 Å². The Hall–Kier alpha value is -1.71. The third kappa shape index (κ3) is 13.5. The first-order valence-corrected chi connectivity index (χ1v) is 16.6. The number of unbranched alkanes of at least 4 members (excludes halogenated alkanes) is 13. The lowest BCUT2D eigenvalue weighted by Gasteiger charge is -2.29. The first-order valence-electron chi connectivity index (χ1n) is 16.6. The number of hydrogen-bond acceptors (Lipinski definition) is 3. The molecule has 0 amide bonds. The van der Waals surface area contributed by atoms with Gasteiger partial charge in [-0.3, -0.25) is 4.98 Å². The fraction of sp³-hybridized carbons (Fsp3) is 0.694. The van der Waals surface area contributed by atoms with Crippen LogP contribution in [0.5, 0.6) is 0 Å². The number of benzene rings is 1. The summed E-state index contributed by atoms with van der Waals surface area (Å²) < 4.78 is 12.1. The van der Waals surface area contributed by atoms with Gasteiger partial charge in [0.05, 0.1) is 18.9 Å². The molecule has 3 rings (SSSR count). The Morgan fingerprint density at radius 3 is 1.74 bits per heavy atom. The maximum atomic E-state index is 6.05. The molecule has 0 N–H and O–H groups in total. The van der Waals surface area contributed by atoms with Crippen molar-refractivity contribution in [3.63, 3.8) is 0 Å². The fourth-order valence-electron chi connectivity index (χ4n) is 5.64. The van der Waals surface area contributed by atoms with Crippen molar-refractivity contribution in [3.05, 3.63) is 53.7 Å². The highest BCUT2D eigenvalue weighted by Crippen LogP contribution is 2.23. The monoisotopic (exact) mass is 535 g/mol. The van der Waals surface area contributed by atoms with E-state index < -0.39 is 0 Å². The summed E-state index contributed by atoms with van der Waals surface area (Å²) >= 11 is 0. The van der Waals surface area contributed by atoms with Crippen LogP contribution >= 0.6 is 0 Å². The Kier molecular flexibility index (Phi) is 16.5. The maximum Gasteiger partial charge on any atom is 0.157 e. The van der Waals surface area contributed by atoms with E-state index in [1.54, 1.807) is 0 Å². The Labute approximate surface area is 240 Å². The van der Waals surface area contributed by atoms with Crippen LogP contribution in [-0.2, 0) is 22.3 Å². The molecule has 3 heteroatoms. The van der Waals surface area contributed by atoms with Crippen LogP contribution in [0.2, 0.25) is 0 Å². The molecular formula is C36H57NO2. The number of rotatable bonds is 21. The smallest absolute Gasteiger partial charge is 0.157 e. The molecule has 0 atom stereocenters. The van der Waals surface area contributed by atoms with Gasteiger partial charge in [0.25, 0.3) is 0 Å². The molecular weight excluding hydrogens is 478 g/mol. The van der Waals surface area contributed by atoms with Gasteiger partial charge in [-0.25, -0.2) is 0 Å². The largest absolute Gasteiger partial charge is 0.352 e. The van der Waals surface area contributed by atoms with E-state index in [-0.39, 0.29) is 6.29 Å². The highest BCUT2D eigenvalue weighted by molar-refractivity contribution is 5.59. The number of aromatic nitrogens is 1. The average Bonchev–Trinajstić information content (AvgIpc) is 2.98. The third-order valence-corrected chi connectivity index (χ3v) is 8.31. The van der Waals surface area contributed by atoms with Crippen LogP contribution in [0.1, 0.15) is 134 Å². The van der Waals surface area contributed by atoms with Gasteiger partial charge < -0.3 is 9.47 Å². The van der Waals surface area contributed by atoms with E-state index in [4.69, 9.17) is 14.5 Å². The highest BCUT2D eigenvalue weighted by atomic mass is 16.7. The number of pyridine rings is 1. The van der Waals surface area contributed by atoms with Gasteiger partial charge in [0.15, 0.2) is 6.29 Å². The van der Waals surface area contributed by atoms with Gasteiger partial charge >= 0.3 is 0 Å². The molecule has 1 aliphatic heterocycles. The maximum absolute atomic E-state index is 6.05. The lowest BCUT2D eigenvalue weighted by molar-refractivity contribution is -0.203. The number of ether oxygens (including phenoxy) is 2. The van der Waals surface area contributed by atoms with Crippen molar-refractivity contribution in [2.75, 3.05) is 13.2 Å². The molecule has 0 aliphatic carbocycles. The van der Waals surface area contributed by atoms with Crippen LogP contribution in [0, 0.1) is 5.92 Å². The van der Waals surface area contributed by atoms with Crippen LogP contribution in [0.3, 0.4) is 0 Å². The summed E-state index contributed by atoms with van der Waals surface area (Å²) in [5.41, 5.74) is 4.94. The second-order valence-electron chi connectivity index (χ2n) is 11.9. The molecule has 39 heavy (non-hydrogen) atoms. The Balaban J connectivity index is 1.26. The molecule has 1 aliphatic rings. The van der Waals surface area contributed by atoms with Gasteiger partial charge in [0.2, 0.25) is 0 Å². The quantitative estimate of drug-likeness (QED) is 0.149. The molecule has 0 unspecified atom stereocenters. The molecule has 2 aromatic rings. The number of aryl methyl sites for hydroxylation is 2. The van der Waals surface area contributed by atoms with Crippen molar-refractivity contribution in [1.29, 1.82) is 0 Å². The first-order chi connectivity index (χ1) is 19.3. The molecule has 0 bridgehead atoms. The van der Waals surface area contributed by atoms with Crippen LogP contribution in [0.15, 0.2) is 42.6 Å². The fourth-order valence-corrected chi connectivity index (χ4v) is 5.64. The molecule has 0 radical (unpaired) electrons. The molecule has 218 valence electrons. The summed E-state index contributed by atoms with van der Waals surface area (Å²) in [5, 5.41) is 0. The van der Waals surface area contributed by atoms with Crippen molar-refractivity contribution >= 4 is 0 Å². The Bertz CT molecular complexity index is 839. The van der Waals surface area contributed by atoms with Crippen LogP contribution in [0.25, 0.3) is 11.3 Å². The summed E-state index contributed by atoms with van der Waals surface area (Å²) in [6.07, 6.45) is 26.8.